The lowest BCUT2D eigenvalue weighted by molar-refractivity contribution is -0.141. The van der Waals surface area contributed by atoms with E-state index in [1.165, 1.54) is 7.11 Å². The molecule has 0 radical (unpaired) electrons. The summed E-state index contributed by atoms with van der Waals surface area (Å²) in [6, 6.07) is 5.31. The van der Waals surface area contributed by atoms with E-state index >= 15 is 0 Å². The second-order valence-corrected chi connectivity index (χ2v) is 4.65. The van der Waals surface area contributed by atoms with E-state index in [-0.39, 0.29) is 13.0 Å². The van der Waals surface area contributed by atoms with Crippen LogP contribution in [0.3, 0.4) is 0 Å². The third-order valence-electron chi connectivity index (χ3n) is 2.65. The molecule has 0 heterocycles. The minimum absolute atomic E-state index is 0.153. The van der Waals surface area contributed by atoms with Gasteiger partial charge < -0.3 is 14.2 Å². The quantitative estimate of drug-likeness (QED) is 0.335. The molecule has 0 aliphatic heterocycles. The zero-order valence-corrected chi connectivity index (χ0v) is 12.6. The molecule has 0 bridgehead atoms. The van der Waals surface area contributed by atoms with E-state index in [0.717, 1.165) is 5.56 Å². The monoisotopic (exact) mass is 292 g/mol. The lowest BCUT2D eigenvalue weighted by Gasteiger charge is -2.10. The molecule has 5 nitrogen and oxygen atoms in total. The molecule has 0 aliphatic rings. The van der Waals surface area contributed by atoms with Gasteiger partial charge in [0.2, 0.25) is 0 Å². The van der Waals surface area contributed by atoms with Gasteiger partial charge >= 0.3 is 11.9 Å². The molecule has 0 atom stereocenters. The first-order valence-corrected chi connectivity index (χ1v) is 6.62. The highest BCUT2D eigenvalue weighted by Gasteiger charge is 2.10. The van der Waals surface area contributed by atoms with Crippen molar-refractivity contribution in [3.63, 3.8) is 0 Å². The van der Waals surface area contributed by atoms with Gasteiger partial charge in [-0.15, -0.1) is 0 Å². The van der Waals surface area contributed by atoms with Crippen LogP contribution < -0.4 is 9.47 Å². The summed E-state index contributed by atoms with van der Waals surface area (Å²) in [6.07, 6.45) is 0.548. The number of hydrogen-bond donors (Lipinski definition) is 0. The number of methoxy groups -OCH3 is 1. The summed E-state index contributed by atoms with van der Waals surface area (Å²) in [5, 5.41) is 0. The zero-order chi connectivity index (χ0) is 15.8. The maximum Gasteiger partial charge on any atom is 0.333 e. The first-order valence-electron chi connectivity index (χ1n) is 6.62. The molecule has 21 heavy (non-hydrogen) atoms. The van der Waals surface area contributed by atoms with E-state index in [2.05, 4.69) is 6.58 Å². The standard InChI is InChI=1S/C16H20O5/c1-11(2)16(18)20-9-5-6-15(17)21-13-8-7-12(3)10-14(13)19-4/h7-8,10H,1,5-6,9H2,2-4H3. The van der Waals surface area contributed by atoms with E-state index in [4.69, 9.17) is 14.2 Å². The third-order valence-corrected chi connectivity index (χ3v) is 2.65. The van der Waals surface area contributed by atoms with Crippen LogP contribution in [0.25, 0.3) is 0 Å². The smallest absolute Gasteiger partial charge is 0.333 e. The fourth-order valence-electron chi connectivity index (χ4n) is 1.54. The van der Waals surface area contributed by atoms with Crippen molar-refractivity contribution in [1.29, 1.82) is 0 Å². The molecule has 0 aromatic heterocycles. The molecule has 5 heteroatoms. The van der Waals surface area contributed by atoms with Gasteiger partial charge in [0.15, 0.2) is 11.5 Å². The largest absolute Gasteiger partial charge is 0.493 e. The molecule has 0 N–H and O–H groups in total. The number of ether oxygens (including phenoxy) is 3. The topological polar surface area (TPSA) is 61.8 Å². The van der Waals surface area contributed by atoms with E-state index < -0.39 is 11.9 Å². The molecule has 1 aromatic carbocycles. The molecule has 0 fully saturated rings. The zero-order valence-electron chi connectivity index (χ0n) is 12.6. The molecule has 1 aromatic rings. The molecule has 0 unspecified atom stereocenters. The van der Waals surface area contributed by atoms with Crippen LogP contribution in [-0.4, -0.2) is 25.7 Å². The summed E-state index contributed by atoms with van der Waals surface area (Å²) in [5.41, 5.74) is 1.35. The minimum Gasteiger partial charge on any atom is -0.493 e. The number of aryl methyl sites for hydroxylation is 1. The van der Waals surface area contributed by atoms with Gasteiger partial charge in [-0.1, -0.05) is 12.6 Å². The molecule has 0 saturated carbocycles. The third kappa shape index (κ3) is 5.69. The van der Waals surface area contributed by atoms with Crippen molar-refractivity contribution < 1.29 is 23.8 Å². The Hall–Kier alpha value is -2.30. The van der Waals surface area contributed by atoms with Crippen molar-refractivity contribution in [2.45, 2.75) is 26.7 Å². The van der Waals surface area contributed by atoms with Gasteiger partial charge in [-0.2, -0.15) is 0 Å². The van der Waals surface area contributed by atoms with Crippen molar-refractivity contribution in [2.75, 3.05) is 13.7 Å². The van der Waals surface area contributed by atoms with Gasteiger partial charge in [0.1, 0.15) is 0 Å². The number of rotatable bonds is 7. The molecular formula is C16H20O5. The van der Waals surface area contributed by atoms with E-state index in [1.54, 1.807) is 19.1 Å². The summed E-state index contributed by atoms with van der Waals surface area (Å²) < 4.78 is 15.3. The Morgan fingerprint density at radius 3 is 2.57 bits per heavy atom. The predicted molar refractivity (Wildman–Crippen MR) is 78.4 cm³/mol. The van der Waals surface area contributed by atoms with Gasteiger partial charge in [-0.25, -0.2) is 4.79 Å². The Labute approximate surface area is 124 Å². The van der Waals surface area contributed by atoms with Crippen LogP contribution in [0.2, 0.25) is 0 Å². The van der Waals surface area contributed by atoms with Crippen LogP contribution in [0, 0.1) is 6.92 Å². The van der Waals surface area contributed by atoms with E-state index in [1.807, 2.05) is 13.0 Å². The SMILES string of the molecule is C=C(C)C(=O)OCCCC(=O)Oc1ccc(C)cc1OC. The fourth-order valence-corrected chi connectivity index (χ4v) is 1.54. The first-order chi connectivity index (χ1) is 9.93. The number of esters is 2. The number of benzene rings is 1. The van der Waals surface area contributed by atoms with Gasteiger partial charge in [0.05, 0.1) is 13.7 Å². The van der Waals surface area contributed by atoms with E-state index in [0.29, 0.717) is 23.5 Å². The van der Waals surface area contributed by atoms with Crippen molar-refractivity contribution in [1.82, 2.24) is 0 Å². The average molecular weight is 292 g/mol. The first kappa shape index (κ1) is 16.8. The summed E-state index contributed by atoms with van der Waals surface area (Å²) in [5.74, 6) is 0.0381. The fraction of sp³-hybridized carbons (Fsp3) is 0.375. The van der Waals surface area contributed by atoms with Crippen LogP contribution >= 0.6 is 0 Å². The lowest BCUT2D eigenvalue weighted by Crippen LogP contribution is -2.12. The normalized spacial score (nSPS) is 9.86. The van der Waals surface area contributed by atoms with Crippen LogP contribution in [0.1, 0.15) is 25.3 Å². The summed E-state index contributed by atoms with van der Waals surface area (Å²) in [6.45, 7) is 7.12. The number of carbonyl (C=O) groups is 2. The summed E-state index contributed by atoms with van der Waals surface area (Å²) in [4.78, 5) is 22.8. The molecule has 114 valence electrons. The summed E-state index contributed by atoms with van der Waals surface area (Å²) in [7, 11) is 1.52. The van der Waals surface area contributed by atoms with Crippen molar-refractivity contribution in [3.8, 4) is 11.5 Å². The molecular weight excluding hydrogens is 272 g/mol. The molecule has 0 amide bonds. The average Bonchev–Trinajstić information content (AvgIpc) is 2.45. The Kier molecular flexibility index (Phi) is 6.46. The second kappa shape index (κ2) is 8.09. The Balaban J connectivity index is 2.41. The van der Waals surface area contributed by atoms with Crippen LogP contribution in [0.15, 0.2) is 30.4 Å². The highest BCUT2D eigenvalue weighted by Crippen LogP contribution is 2.28. The molecule has 1 rings (SSSR count). The van der Waals surface area contributed by atoms with Crippen molar-refractivity contribution >= 4 is 11.9 Å². The van der Waals surface area contributed by atoms with Gasteiger partial charge in [-0.3, -0.25) is 4.79 Å². The Morgan fingerprint density at radius 1 is 1.24 bits per heavy atom. The van der Waals surface area contributed by atoms with Crippen LogP contribution in [-0.2, 0) is 14.3 Å². The second-order valence-electron chi connectivity index (χ2n) is 4.65. The minimum atomic E-state index is -0.455. The van der Waals surface area contributed by atoms with Crippen molar-refractivity contribution in [2.24, 2.45) is 0 Å². The summed E-state index contributed by atoms with van der Waals surface area (Å²) >= 11 is 0. The highest BCUT2D eigenvalue weighted by molar-refractivity contribution is 5.86. The van der Waals surface area contributed by atoms with Gasteiger partial charge in [0, 0.05) is 12.0 Å². The lowest BCUT2D eigenvalue weighted by atomic mass is 10.2. The van der Waals surface area contributed by atoms with Crippen LogP contribution in [0.5, 0.6) is 11.5 Å². The number of hydrogen-bond acceptors (Lipinski definition) is 5. The van der Waals surface area contributed by atoms with E-state index in [9.17, 15) is 9.59 Å². The van der Waals surface area contributed by atoms with Crippen LogP contribution in [0.4, 0.5) is 0 Å². The Morgan fingerprint density at radius 2 is 1.95 bits per heavy atom. The molecule has 0 aliphatic carbocycles. The number of carbonyl (C=O) groups excluding carboxylic acids is 2. The maximum atomic E-state index is 11.7. The molecule has 0 saturated heterocycles. The van der Waals surface area contributed by atoms with Gasteiger partial charge in [0.25, 0.3) is 0 Å². The van der Waals surface area contributed by atoms with Crippen molar-refractivity contribution in [3.05, 3.63) is 35.9 Å². The maximum absolute atomic E-state index is 11.7. The Bertz CT molecular complexity index is 533. The predicted octanol–water partition coefficient (Wildman–Crippen LogP) is 2.81. The molecule has 0 spiro atoms. The van der Waals surface area contributed by atoms with Gasteiger partial charge in [-0.05, 0) is 38.0 Å². The highest BCUT2D eigenvalue weighted by atomic mass is 16.6.